The minimum atomic E-state index is 0.187. The fourth-order valence-electron chi connectivity index (χ4n) is 3.05. The molecule has 0 bridgehead atoms. The van der Waals surface area contributed by atoms with Gasteiger partial charge in [-0.2, -0.15) is 10.2 Å². The van der Waals surface area contributed by atoms with E-state index in [1.54, 1.807) is 6.20 Å². The van der Waals surface area contributed by atoms with Gasteiger partial charge in [-0.15, -0.1) is 0 Å². The summed E-state index contributed by atoms with van der Waals surface area (Å²) in [5.74, 6) is 0.559. The lowest BCUT2D eigenvalue weighted by Crippen LogP contribution is -2.40. The Balaban J connectivity index is 1.67. The highest BCUT2D eigenvalue weighted by molar-refractivity contribution is 5.79. The highest BCUT2D eigenvalue weighted by Gasteiger charge is 2.26. The molecule has 3 rings (SSSR count). The quantitative estimate of drug-likeness (QED) is 0.902. The standard InChI is InChI=1S/C15H21N5O/c1-10-13(11(2)18-17-10)8-15(21)20-7-3-4-12(9-20)14-5-6-16-19-14/h5-6,12H,3-4,7-9H2,1-2H3,(H,16,19)(H,17,18)/t12-/m1/s1. The summed E-state index contributed by atoms with van der Waals surface area (Å²) in [5.41, 5.74) is 4.07. The number of aromatic amines is 2. The molecule has 2 aromatic heterocycles. The van der Waals surface area contributed by atoms with E-state index in [1.807, 2.05) is 24.8 Å². The van der Waals surface area contributed by atoms with Gasteiger partial charge in [0.05, 0.1) is 12.1 Å². The Morgan fingerprint density at radius 2 is 2.29 bits per heavy atom. The lowest BCUT2D eigenvalue weighted by Gasteiger charge is -2.32. The van der Waals surface area contributed by atoms with Crippen LogP contribution in [0.5, 0.6) is 0 Å². The first kappa shape index (κ1) is 13.9. The lowest BCUT2D eigenvalue weighted by atomic mass is 9.94. The first-order valence-electron chi connectivity index (χ1n) is 7.42. The third-order valence-electron chi connectivity index (χ3n) is 4.34. The van der Waals surface area contributed by atoms with Gasteiger partial charge in [-0.3, -0.25) is 15.0 Å². The lowest BCUT2D eigenvalue weighted by molar-refractivity contribution is -0.131. The normalized spacial score (nSPS) is 19.0. The fourth-order valence-corrected chi connectivity index (χ4v) is 3.05. The Morgan fingerprint density at radius 1 is 1.43 bits per heavy atom. The number of aromatic nitrogens is 4. The number of H-pyrrole nitrogens is 2. The molecule has 1 aliphatic rings. The van der Waals surface area contributed by atoms with Crippen molar-refractivity contribution < 1.29 is 4.79 Å². The Morgan fingerprint density at radius 3 is 2.95 bits per heavy atom. The molecule has 1 aliphatic heterocycles. The van der Waals surface area contributed by atoms with E-state index >= 15 is 0 Å². The first-order valence-corrected chi connectivity index (χ1v) is 7.42. The van der Waals surface area contributed by atoms with Gasteiger partial charge in [-0.25, -0.2) is 0 Å². The number of nitrogens with zero attached hydrogens (tertiary/aromatic N) is 3. The molecule has 6 nitrogen and oxygen atoms in total. The zero-order chi connectivity index (χ0) is 14.8. The summed E-state index contributed by atoms with van der Waals surface area (Å²) in [6, 6.07) is 2.00. The molecule has 0 saturated carbocycles. The summed E-state index contributed by atoms with van der Waals surface area (Å²) in [5, 5.41) is 14.1. The molecular weight excluding hydrogens is 266 g/mol. The molecule has 1 atom stereocenters. The maximum Gasteiger partial charge on any atom is 0.227 e. The summed E-state index contributed by atoms with van der Waals surface area (Å²) in [6.07, 6.45) is 4.35. The summed E-state index contributed by atoms with van der Waals surface area (Å²) in [6.45, 7) is 5.53. The van der Waals surface area contributed by atoms with E-state index in [4.69, 9.17) is 0 Å². The van der Waals surface area contributed by atoms with E-state index in [9.17, 15) is 4.79 Å². The van der Waals surface area contributed by atoms with Crippen LogP contribution < -0.4 is 0 Å². The van der Waals surface area contributed by atoms with Crippen LogP contribution in [0.2, 0.25) is 0 Å². The van der Waals surface area contributed by atoms with E-state index in [0.717, 1.165) is 48.6 Å². The van der Waals surface area contributed by atoms with Gasteiger partial charge in [0.25, 0.3) is 0 Å². The molecule has 2 aromatic rings. The number of nitrogens with one attached hydrogen (secondary N) is 2. The summed E-state index contributed by atoms with van der Waals surface area (Å²) < 4.78 is 0. The van der Waals surface area contributed by atoms with Crippen molar-refractivity contribution in [1.82, 2.24) is 25.3 Å². The second kappa shape index (κ2) is 5.71. The van der Waals surface area contributed by atoms with Crippen LogP contribution in [0, 0.1) is 13.8 Å². The van der Waals surface area contributed by atoms with Crippen molar-refractivity contribution in [3.63, 3.8) is 0 Å². The van der Waals surface area contributed by atoms with Crippen LogP contribution in [0.1, 0.15) is 41.4 Å². The second-order valence-corrected chi connectivity index (χ2v) is 5.78. The molecule has 0 aromatic carbocycles. The van der Waals surface area contributed by atoms with Gasteiger partial charge in [0, 0.05) is 42.2 Å². The Labute approximate surface area is 123 Å². The van der Waals surface area contributed by atoms with E-state index in [1.165, 1.54) is 0 Å². The number of carbonyl (C=O) groups excluding carboxylic acids is 1. The van der Waals surface area contributed by atoms with Crippen molar-refractivity contribution in [3.8, 4) is 0 Å². The average molecular weight is 287 g/mol. The van der Waals surface area contributed by atoms with Crippen LogP contribution in [-0.4, -0.2) is 44.3 Å². The maximum atomic E-state index is 12.5. The molecule has 3 heterocycles. The summed E-state index contributed by atoms with van der Waals surface area (Å²) >= 11 is 0. The molecule has 0 radical (unpaired) electrons. The molecular formula is C15H21N5O. The molecule has 112 valence electrons. The Hall–Kier alpha value is -2.11. The van der Waals surface area contributed by atoms with Crippen LogP contribution >= 0.6 is 0 Å². The SMILES string of the molecule is Cc1n[nH]c(C)c1CC(=O)N1CCC[C@@H](c2ccn[nH]2)C1. The largest absolute Gasteiger partial charge is 0.342 e. The zero-order valence-electron chi connectivity index (χ0n) is 12.5. The fraction of sp³-hybridized carbons (Fsp3) is 0.533. The molecule has 21 heavy (non-hydrogen) atoms. The Kier molecular flexibility index (Phi) is 3.77. The van der Waals surface area contributed by atoms with Gasteiger partial charge in [0.1, 0.15) is 0 Å². The van der Waals surface area contributed by atoms with Gasteiger partial charge < -0.3 is 4.90 Å². The third kappa shape index (κ3) is 2.84. The number of hydrogen-bond donors (Lipinski definition) is 2. The molecule has 0 aliphatic carbocycles. The molecule has 1 amide bonds. The summed E-state index contributed by atoms with van der Waals surface area (Å²) in [4.78, 5) is 14.5. The number of amides is 1. The van der Waals surface area contributed by atoms with Crippen LogP contribution in [0.3, 0.4) is 0 Å². The number of piperidine rings is 1. The zero-order valence-corrected chi connectivity index (χ0v) is 12.5. The van der Waals surface area contributed by atoms with Crippen molar-refractivity contribution in [1.29, 1.82) is 0 Å². The smallest absolute Gasteiger partial charge is 0.227 e. The number of hydrogen-bond acceptors (Lipinski definition) is 3. The monoisotopic (exact) mass is 287 g/mol. The highest BCUT2D eigenvalue weighted by atomic mass is 16.2. The van der Waals surface area contributed by atoms with Crippen molar-refractivity contribution in [2.24, 2.45) is 0 Å². The topological polar surface area (TPSA) is 77.7 Å². The predicted molar refractivity (Wildman–Crippen MR) is 78.9 cm³/mol. The maximum absolute atomic E-state index is 12.5. The number of rotatable bonds is 3. The molecule has 1 fully saturated rings. The van der Waals surface area contributed by atoms with Crippen LogP contribution in [0.25, 0.3) is 0 Å². The van der Waals surface area contributed by atoms with E-state index in [0.29, 0.717) is 12.3 Å². The van der Waals surface area contributed by atoms with Crippen molar-refractivity contribution in [2.75, 3.05) is 13.1 Å². The van der Waals surface area contributed by atoms with Gasteiger partial charge in [0.2, 0.25) is 5.91 Å². The van der Waals surface area contributed by atoms with Crippen LogP contribution in [0.4, 0.5) is 0 Å². The third-order valence-corrected chi connectivity index (χ3v) is 4.34. The van der Waals surface area contributed by atoms with Gasteiger partial charge in [-0.05, 0) is 32.8 Å². The number of likely N-dealkylation sites (tertiary alicyclic amines) is 1. The van der Waals surface area contributed by atoms with Gasteiger partial charge >= 0.3 is 0 Å². The van der Waals surface area contributed by atoms with Crippen molar-refractivity contribution in [3.05, 3.63) is 34.9 Å². The first-order chi connectivity index (χ1) is 10.1. The molecule has 0 spiro atoms. The molecule has 1 saturated heterocycles. The van der Waals surface area contributed by atoms with Crippen LogP contribution in [0.15, 0.2) is 12.3 Å². The minimum absolute atomic E-state index is 0.187. The average Bonchev–Trinajstić information content (AvgIpc) is 3.13. The number of aryl methyl sites for hydroxylation is 2. The van der Waals surface area contributed by atoms with E-state index in [-0.39, 0.29) is 5.91 Å². The second-order valence-electron chi connectivity index (χ2n) is 5.78. The molecule has 0 unspecified atom stereocenters. The number of carbonyl (C=O) groups is 1. The molecule has 6 heteroatoms. The predicted octanol–water partition coefficient (Wildman–Crippen LogP) is 1.70. The minimum Gasteiger partial charge on any atom is -0.342 e. The van der Waals surface area contributed by atoms with E-state index in [2.05, 4.69) is 20.4 Å². The Bertz CT molecular complexity index is 597. The van der Waals surface area contributed by atoms with E-state index < -0.39 is 0 Å². The summed E-state index contributed by atoms with van der Waals surface area (Å²) in [7, 11) is 0. The highest BCUT2D eigenvalue weighted by Crippen LogP contribution is 2.25. The van der Waals surface area contributed by atoms with Gasteiger partial charge in [-0.1, -0.05) is 0 Å². The van der Waals surface area contributed by atoms with Crippen LogP contribution in [-0.2, 0) is 11.2 Å². The molecule has 2 N–H and O–H groups in total. The van der Waals surface area contributed by atoms with Crippen molar-refractivity contribution in [2.45, 2.75) is 39.0 Å². The van der Waals surface area contributed by atoms with Crippen molar-refractivity contribution >= 4 is 5.91 Å². The van der Waals surface area contributed by atoms with Gasteiger partial charge in [0.15, 0.2) is 0 Å².